The van der Waals surface area contributed by atoms with Crippen LogP contribution in [0.25, 0.3) is 0 Å². The molecule has 0 amide bonds. The standard InChI is InChI=1S/C8H11BrN2O2/c1-2-12-3-4-13-8-10-5-7(9)6-11-8/h5-6H,2-4H2,1H3. The molecular weight excluding hydrogens is 236 g/mol. The molecule has 0 unspecified atom stereocenters. The summed E-state index contributed by atoms with van der Waals surface area (Å²) in [5, 5.41) is 0. The average molecular weight is 247 g/mol. The van der Waals surface area contributed by atoms with Gasteiger partial charge in [0.15, 0.2) is 0 Å². The molecule has 0 spiro atoms. The van der Waals surface area contributed by atoms with E-state index in [1.807, 2.05) is 6.92 Å². The highest BCUT2D eigenvalue weighted by molar-refractivity contribution is 9.10. The van der Waals surface area contributed by atoms with Gasteiger partial charge in [0.2, 0.25) is 0 Å². The Morgan fingerprint density at radius 3 is 2.62 bits per heavy atom. The summed E-state index contributed by atoms with van der Waals surface area (Å²) >= 11 is 3.23. The topological polar surface area (TPSA) is 44.2 Å². The lowest BCUT2D eigenvalue weighted by Crippen LogP contribution is -2.07. The highest BCUT2D eigenvalue weighted by Gasteiger charge is 1.95. The average Bonchev–Trinajstić information content (AvgIpc) is 2.15. The van der Waals surface area contributed by atoms with Gasteiger partial charge in [-0.25, -0.2) is 9.97 Å². The van der Waals surface area contributed by atoms with Gasteiger partial charge in [-0.3, -0.25) is 0 Å². The predicted octanol–water partition coefficient (Wildman–Crippen LogP) is 1.65. The van der Waals surface area contributed by atoms with Crippen LogP contribution < -0.4 is 4.74 Å². The summed E-state index contributed by atoms with van der Waals surface area (Å²) in [5.41, 5.74) is 0. The fraction of sp³-hybridized carbons (Fsp3) is 0.500. The molecule has 0 aliphatic rings. The van der Waals surface area contributed by atoms with Gasteiger partial charge in [-0.15, -0.1) is 0 Å². The van der Waals surface area contributed by atoms with E-state index in [0.717, 1.165) is 4.47 Å². The summed E-state index contributed by atoms with van der Waals surface area (Å²) in [5.74, 6) is 0. The van der Waals surface area contributed by atoms with Crippen LogP contribution in [0.3, 0.4) is 0 Å². The van der Waals surface area contributed by atoms with Gasteiger partial charge in [-0.05, 0) is 22.9 Å². The molecule has 13 heavy (non-hydrogen) atoms. The number of hydrogen-bond acceptors (Lipinski definition) is 4. The number of rotatable bonds is 5. The summed E-state index contributed by atoms with van der Waals surface area (Å²) < 4.78 is 11.1. The van der Waals surface area contributed by atoms with E-state index in [2.05, 4.69) is 25.9 Å². The van der Waals surface area contributed by atoms with Crippen molar-refractivity contribution in [2.75, 3.05) is 19.8 Å². The lowest BCUT2D eigenvalue weighted by atomic mass is 10.7. The molecule has 0 saturated carbocycles. The summed E-state index contributed by atoms with van der Waals surface area (Å²) in [6.45, 7) is 3.69. The van der Waals surface area contributed by atoms with Crippen LogP contribution in [-0.4, -0.2) is 29.8 Å². The molecule has 1 aromatic heterocycles. The van der Waals surface area contributed by atoms with Crippen LogP contribution in [0.15, 0.2) is 16.9 Å². The van der Waals surface area contributed by atoms with E-state index >= 15 is 0 Å². The lowest BCUT2D eigenvalue weighted by Gasteiger charge is -2.03. The summed E-state index contributed by atoms with van der Waals surface area (Å²) in [6.07, 6.45) is 3.28. The first-order valence-corrected chi connectivity index (χ1v) is 4.80. The van der Waals surface area contributed by atoms with Gasteiger partial charge in [0.05, 0.1) is 11.1 Å². The van der Waals surface area contributed by atoms with Gasteiger partial charge >= 0.3 is 6.01 Å². The third-order valence-corrected chi connectivity index (χ3v) is 1.67. The molecule has 0 N–H and O–H groups in total. The third-order valence-electron chi connectivity index (χ3n) is 1.26. The fourth-order valence-corrected chi connectivity index (χ4v) is 0.916. The molecule has 0 aliphatic carbocycles. The number of ether oxygens (including phenoxy) is 2. The minimum atomic E-state index is 0.378. The van der Waals surface area contributed by atoms with E-state index in [1.54, 1.807) is 12.4 Å². The largest absolute Gasteiger partial charge is 0.461 e. The van der Waals surface area contributed by atoms with E-state index in [9.17, 15) is 0 Å². The van der Waals surface area contributed by atoms with E-state index in [0.29, 0.717) is 25.8 Å². The minimum Gasteiger partial charge on any atom is -0.461 e. The predicted molar refractivity (Wildman–Crippen MR) is 51.7 cm³/mol. The van der Waals surface area contributed by atoms with Crippen molar-refractivity contribution in [1.29, 1.82) is 0 Å². The van der Waals surface area contributed by atoms with Gasteiger partial charge < -0.3 is 9.47 Å². The normalized spacial score (nSPS) is 10.0. The second kappa shape index (κ2) is 5.88. The Balaban J connectivity index is 2.25. The first-order chi connectivity index (χ1) is 6.33. The zero-order chi connectivity index (χ0) is 9.52. The van der Waals surface area contributed by atoms with E-state index < -0.39 is 0 Å². The smallest absolute Gasteiger partial charge is 0.316 e. The van der Waals surface area contributed by atoms with E-state index in [4.69, 9.17) is 9.47 Å². The van der Waals surface area contributed by atoms with Crippen LogP contribution in [0.4, 0.5) is 0 Å². The summed E-state index contributed by atoms with van der Waals surface area (Å²) in [4.78, 5) is 7.88. The molecule has 5 heteroatoms. The molecule has 0 atom stereocenters. The molecule has 0 bridgehead atoms. The second-order valence-corrected chi connectivity index (χ2v) is 3.14. The van der Waals surface area contributed by atoms with Crippen molar-refractivity contribution in [3.8, 4) is 6.01 Å². The number of nitrogens with zero attached hydrogens (tertiary/aromatic N) is 2. The third kappa shape index (κ3) is 4.19. The van der Waals surface area contributed by atoms with E-state index in [1.165, 1.54) is 0 Å². The van der Waals surface area contributed by atoms with Crippen molar-refractivity contribution in [2.24, 2.45) is 0 Å². The van der Waals surface area contributed by atoms with Crippen LogP contribution in [0.5, 0.6) is 6.01 Å². The number of hydrogen-bond donors (Lipinski definition) is 0. The molecule has 1 aromatic rings. The van der Waals surface area contributed by atoms with Gasteiger partial charge in [0.25, 0.3) is 0 Å². The van der Waals surface area contributed by atoms with Crippen molar-refractivity contribution in [2.45, 2.75) is 6.92 Å². The number of halogens is 1. The number of aromatic nitrogens is 2. The molecule has 0 aromatic carbocycles. The van der Waals surface area contributed by atoms with Crippen molar-refractivity contribution < 1.29 is 9.47 Å². The van der Waals surface area contributed by atoms with Gasteiger partial charge in [0.1, 0.15) is 6.61 Å². The highest BCUT2D eigenvalue weighted by atomic mass is 79.9. The van der Waals surface area contributed by atoms with Crippen molar-refractivity contribution in [3.05, 3.63) is 16.9 Å². The molecule has 0 fully saturated rings. The molecule has 0 saturated heterocycles. The molecule has 72 valence electrons. The van der Waals surface area contributed by atoms with Crippen molar-refractivity contribution in [3.63, 3.8) is 0 Å². The monoisotopic (exact) mass is 246 g/mol. The minimum absolute atomic E-state index is 0.378. The zero-order valence-corrected chi connectivity index (χ0v) is 8.95. The van der Waals surface area contributed by atoms with Gasteiger partial charge in [-0.1, -0.05) is 0 Å². The Labute approximate surface area is 85.4 Å². The maximum absolute atomic E-state index is 5.20. The second-order valence-electron chi connectivity index (χ2n) is 2.23. The molecule has 0 aliphatic heterocycles. The first kappa shape index (κ1) is 10.4. The van der Waals surface area contributed by atoms with Crippen molar-refractivity contribution in [1.82, 2.24) is 9.97 Å². The fourth-order valence-electron chi connectivity index (χ4n) is 0.711. The Bertz CT molecular complexity index is 240. The Morgan fingerprint density at radius 2 is 2.00 bits per heavy atom. The maximum atomic E-state index is 5.20. The van der Waals surface area contributed by atoms with Crippen LogP contribution >= 0.6 is 15.9 Å². The molecular formula is C8H11BrN2O2. The van der Waals surface area contributed by atoms with Gasteiger partial charge in [0, 0.05) is 19.0 Å². The Kier molecular flexibility index (Phi) is 4.70. The van der Waals surface area contributed by atoms with E-state index in [-0.39, 0.29) is 0 Å². The molecule has 4 nitrogen and oxygen atoms in total. The molecule has 1 heterocycles. The highest BCUT2D eigenvalue weighted by Crippen LogP contribution is 2.07. The van der Waals surface area contributed by atoms with Crippen molar-refractivity contribution >= 4 is 15.9 Å². The Morgan fingerprint density at radius 1 is 1.31 bits per heavy atom. The van der Waals surface area contributed by atoms with Crippen LogP contribution in [0.2, 0.25) is 0 Å². The molecule has 1 rings (SSSR count). The van der Waals surface area contributed by atoms with Gasteiger partial charge in [-0.2, -0.15) is 0 Å². The SMILES string of the molecule is CCOCCOc1ncc(Br)cn1. The maximum Gasteiger partial charge on any atom is 0.316 e. The van der Waals surface area contributed by atoms with Crippen LogP contribution in [0, 0.1) is 0 Å². The zero-order valence-electron chi connectivity index (χ0n) is 7.36. The quantitative estimate of drug-likeness (QED) is 0.742. The molecule has 0 radical (unpaired) electrons. The first-order valence-electron chi connectivity index (χ1n) is 4.01. The van der Waals surface area contributed by atoms with Crippen LogP contribution in [-0.2, 0) is 4.74 Å². The summed E-state index contributed by atoms with van der Waals surface area (Å²) in [6, 6.07) is 0.378. The van der Waals surface area contributed by atoms with Crippen LogP contribution in [0.1, 0.15) is 6.92 Å². The lowest BCUT2D eigenvalue weighted by molar-refractivity contribution is 0.106. The summed E-state index contributed by atoms with van der Waals surface area (Å²) in [7, 11) is 0. The Hall–Kier alpha value is -0.680.